The lowest BCUT2D eigenvalue weighted by Crippen LogP contribution is -2.36. The predicted molar refractivity (Wildman–Crippen MR) is 76.1 cm³/mol. The Morgan fingerprint density at radius 2 is 2.00 bits per heavy atom. The van der Waals surface area contributed by atoms with Gasteiger partial charge in [0, 0.05) is 6.42 Å². The second-order valence-corrected chi connectivity index (χ2v) is 6.34. The molecule has 0 aromatic carbocycles. The van der Waals surface area contributed by atoms with E-state index in [1.165, 1.54) is 6.42 Å². The number of carbonyl (C=O) groups excluding carboxylic acids is 1. The summed E-state index contributed by atoms with van der Waals surface area (Å²) in [6.45, 7) is 6.49. The molecule has 116 valence electrons. The van der Waals surface area contributed by atoms with E-state index in [4.69, 9.17) is 15.6 Å². The molecular weight excluding hydrogens is 258 g/mol. The topological polar surface area (TPSA) is 89.6 Å². The summed E-state index contributed by atoms with van der Waals surface area (Å²) in [6.07, 6.45) is 3.34. The largest absolute Gasteiger partial charge is 0.480 e. The molecule has 1 aliphatic carbocycles. The van der Waals surface area contributed by atoms with Gasteiger partial charge in [-0.3, -0.25) is 9.59 Å². The van der Waals surface area contributed by atoms with E-state index < -0.39 is 12.0 Å². The maximum Gasteiger partial charge on any atom is 0.320 e. The third kappa shape index (κ3) is 5.12. The van der Waals surface area contributed by atoms with Crippen molar-refractivity contribution in [3.63, 3.8) is 0 Å². The van der Waals surface area contributed by atoms with E-state index in [1.807, 2.05) is 0 Å². The zero-order valence-corrected chi connectivity index (χ0v) is 12.7. The van der Waals surface area contributed by atoms with Crippen molar-refractivity contribution in [1.82, 2.24) is 0 Å². The number of nitrogens with two attached hydrogens (primary N) is 1. The first-order valence-electron chi connectivity index (χ1n) is 7.49. The van der Waals surface area contributed by atoms with Crippen molar-refractivity contribution >= 4 is 11.9 Å². The molecule has 0 aromatic heterocycles. The standard InChI is InChI=1S/C15H27NO4/c1-9(2)11-5-4-10(3)8-13(11)20-14(17)7-6-12(16)15(18)19/h9-13H,4-8,16H2,1-3H3,(H,18,19)/t10?,11?,12-,13?/m0/s1. The van der Waals surface area contributed by atoms with Crippen molar-refractivity contribution in [3.05, 3.63) is 0 Å². The fourth-order valence-electron chi connectivity index (χ4n) is 2.87. The molecule has 3 N–H and O–H groups in total. The number of carboxylic acids is 1. The average Bonchev–Trinajstić information content (AvgIpc) is 2.35. The molecule has 1 fully saturated rings. The number of carboxylic acid groups (broad SMARTS) is 1. The number of esters is 1. The highest BCUT2D eigenvalue weighted by Crippen LogP contribution is 2.35. The molecule has 0 aromatic rings. The second-order valence-electron chi connectivity index (χ2n) is 6.34. The number of hydrogen-bond donors (Lipinski definition) is 2. The summed E-state index contributed by atoms with van der Waals surface area (Å²) in [7, 11) is 0. The summed E-state index contributed by atoms with van der Waals surface area (Å²) in [5, 5.41) is 8.69. The van der Waals surface area contributed by atoms with E-state index in [0.717, 1.165) is 12.8 Å². The average molecular weight is 285 g/mol. The fourth-order valence-corrected chi connectivity index (χ4v) is 2.87. The molecule has 3 unspecified atom stereocenters. The van der Waals surface area contributed by atoms with Gasteiger partial charge in [-0.1, -0.05) is 27.2 Å². The van der Waals surface area contributed by atoms with Gasteiger partial charge in [-0.05, 0) is 37.0 Å². The quantitative estimate of drug-likeness (QED) is 0.730. The van der Waals surface area contributed by atoms with Crippen LogP contribution < -0.4 is 5.73 Å². The van der Waals surface area contributed by atoms with Crippen molar-refractivity contribution < 1.29 is 19.4 Å². The summed E-state index contributed by atoms with van der Waals surface area (Å²) in [4.78, 5) is 22.5. The highest BCUT2D eigenvalue weighted by molar-refractivity contribution is 5.75. The lowest BCUT2D eigenvalue weighted by atomic mass is 9.75. The Bertz CT molecular complexity index is 343. The van der Waals surface area contributed by atoms with Gasteiger partial charge in [0.1, 0.15) is 12.1 Å². The van der Waals surface area contributed by atoms with Crippen LogP contribution in [0.15, 0.2) is 0 Å². The van der Waals surface area contributed by atoms with Gasteiger partial charge in [-0.25, -0.2) is 0 Å². The molecule has 0 radical (unpaired) electrons. The molecule has 1 aliphatic rings. The zero-order chi connectivity index (χ0) is 15.3. The van der Waals surface area contributed by atoms with Gasteiger partial charge < -0.3 is 15.6 Å². The number of hydrogen-bond acceptors (Lipinski definition) is 4. The number of carbonyl (C=O) groups is 2. The Morgan fingerprint density at radius 1 is 1.35 bits per heavy atom. The molecule has 4 atom stereocenters. The molecule has 5 heteroatoms. The maximum absolute atomic E-state index is 11.8. The van der Waals surface area contributed by atoms with Crippen LogP contribution in [0.2, 0.25) is 0 Å². The smallest absolute Gasteiger partial charge is 0.320 e. The van der Waals surface area contributed by atoms with Crippen LogP contribution in [0.4, 0.5) is 0 Å². The SMILES string of the molecule is CC1CCC(C(C)C)C(OC(=O)CC[C@H](N)C(=O)O)C1. The molecule has 20 heavy (non-hydrogen) atoms. The Morgan fingerprint density at radius 3 is 2.55 bits per heavy atom. The lowest BCUT2D eigenvalue weighted by Gasteiger charge is -2.36. The molecule has 1 rings (SSSR count). The maximum atomic E-state index is 11.8. The number of aliphatic carboxylic acids is 1. The normalized spacial score (nSPS) is 28.1. The van der Waals surface area contributed by atoms with Gasteiger partial charge in [-0.2, -0.15) is 0 Å². The summed E-state index contributed by atoms with van der Waals surface area (Å²) in [5.41, 5.74) is 5.39. The van der Waals surface area contributed by atoms with Crippen LogP contribution in [-0.2, 0) is 14.3 Å². The molecule has 0 aliphatic heterocycles. The first-order chi connectivity index (χ1) is 9.31. The summed E-state index contributed by atoms with van der Waals surface area (Å²) >= 11 is 0. The van der Waals surface area contributed by atoms with Crippen molar-refractivity contribution in [2.45, 2.75) is 65.0 Å². The van der Waals surface area contributed by atoms with Gasteiger partial charge >= 0.3 is 11.9 Å². The van der Waals surface area contributed by atoms with E-state index in [-0.39, 0.29) is 24.9 Å². The van der Waals surface area contributed by atoms with Crippen LogP contribution in [0, 0.1) is 17.8 Å². The monoisotopic (exact) mass is 285 g/mol. The van der Waals surface area contributed by atoms with Crippen LogP contribution in [0.25, 0.3) is 0 Å². The minimum absolute atomic E-state index is 0.0349. The fraction of sp³-hybridized carbons (Fsp3) is 0.867. The zero-order valence-electron chi connectivity index (χ0n) is 12.7. The van der Waals surface area contributed by atoms with E-state index in [0.29, 0.717) is 17.8 Å². The Hall–Kier alpha value is -1.10. The lowest BCUT2D eigenvalue weighted by molar-refractivity contribution is -0.156. The van der Waals surface area contributed by atoms with Gasteiger partial charge in [0.05, 0.1) is 0 Å². The molecule has 5 nitrogen and oxygen atoms in total. The highest BCUT2D eigenvalue weighted by Gasteiger charge is 2.33. The molecule has 0 bridgehead atoms. The van der Waals surface area contributed by atoms with Crippen molar-refractivity contribution in [3.8, 4) is 0 Å². The minimum Gasteiger partial charge on any atom is -0.480 e. The van der Waals surface area contributed by atoms with Crippen molar-refractivity contribution in [2.24, 2.45) is 23.5 Å². The van der Waals surface area contributed by atoms with Crippen molar-refractivity contribution in [1.29, 1.82) is 0 Å². The van der Waals surface area contributed by atoms with Crippen molar-refractivity contribution in [2.75, 3.05) is 0 Å². The van der Waals surface area contributed by atoms with Gasteiger partial charge in [0.15, 0.2) is 0 Å². The Labute approximate surface area is 120 Å². The van der Waals surface area contributed by atoms with Crippen LogP contribution >= 0.6 is 0 Å². The summed E-state index contributed by atoms with van der Waals surface area (Å²) < 4.78 is 5.58. The van der Waals surface area contributed by atoms with Gasteiger partial charge in [0.25, 0.3) is 0 Å². The van der Waals surface area contributed by atoms with Gasteiger partial charge in [0.2, 0.25) is 0 Å². The molecule has 0 amide bonds. The summed E-state index contributed by atoms with van der Waals surface area (Å²) in [5.74, 6) is 0.0598. The van der Waals surface area contributed by atoms with Gasteiger partial charge in [-0.15, -0.1) is 0 Å². The van der Waals surface area contributed by atoms with Crippen LogP contribution in [0.3, 0.4) is 0 Å². The molecular formula is C15H27NO4. The van der Waals surface area contributed by atoms with E-state index in [9.17, 15) is 9.59 Å². The number of rotatable bonds is 6. The highest BCUT2D eigenvalue weighted by atomic mass is 16.5. The Balaban J connectivity index is 2.47. The van der Waals surface area contributed by atoms with E-state index >= 15 is 0 Å². The third-order valence-corrected chi connectivity index (χ3v) is 4.22. The molecule has 0 saturated heterocycles. The van der Waals surface area contributed by atoms with Crippen LogP contribution in [-0.4, -0.2) is 29.2 Å². The molecule has 0 spiro atoms. The first kappa shape index (κ1) is 17.0. The third-order valence-electron chi connectivity index (χ3n) is 4.22. The Kier molecular flexibility index (Phi) is 6.46. The summed E-state index contributed by atoms with van der Waals surface area (Å²) in [6, 6.07) is -0.992. The molecule has 0 heterocycles. The second kappa shape index (κ2) is 7.62. The minimum atomic E-state index is -1.08. The van der Waals surface area contributed by atoms with Crippen LogP contribution in [0.1, 0.15) is 52.9 Å². The number of ether oxygens (including phenoxy) is 1. The first-order valence-corrected chi connectivity index (χ1v) is 7.49. The molecule has 1 saturated carbocycles. The van der Waals surface area contributed by atoms with Crippen LogP contribution in [0.5, 0.6) is 0 Å². The van der Waals surface area contributed by atoms with E-state index in [1.54, 1.807) is 0 Å². The predicted octanol–water partition coefficient (Wildman–Crippen LogP) is 2.18. The van der Waals surface area contributed by atoms with E-state index in [2.05, 4.69) is 20.8 Å².